The van der Waals surface area contributed by atoms with Gasteiger partial charge in [0.1, 0.15) is 0 Å². The van der Waals surface area contributed by atoms with Crippen LogP contribution in [0, 0.1) is 5.92 Å². The van der Waals surface area contributed by atoms with Gasteiger partial charge in [0.25, 0.3) is 0 Å². The second-order valence-corrected chi connectivity index (χ2v) is 9.98. The minimum atomic E-state index is -3.69. The third kappa shape index (κ3) is 5.24. The zero-order chi connectivity index (χ0) is 21.0. The third-order valence-electron chi connectivity index (χ3n) is 5.14. The van der Waals surface area contributed by atoms with Gasteiger partial charge in [-0.15, -0.1) is 0 Å². The molecule has 2 aromatic carbocycles. The van der Waals surface area contributed by atoms with Gasteiger partial charge in [0.15, 0.2) is 0 Å². The summed E-state index contributed by atoms with van der Waals surface area (Å²) in [6, 6.07) is 15.9. The Balaban J connectivity index is 1.67. The van der Waals surface area contributed by atoms with Crippen LogP contribution in [-0.2, 0) is 16.4 Å². The number of nitrogens with zero attached hydrogens (tertiary/aromatic N) is 1. The van der Waals surface area contributed by atoms with Crippen molar-refractivity contribution in [3.8, 4) is 0 Å². The summed E-state index contributed by atoms with van der Waals surface area (Å²) in [6.45, 7) is 4.40. The van der Waals surface area contributed by atoms with Crippen LogP contribution in [0.4, 0.5) is 0 Å². The summed E-state index contributed by atoms with van der Waals surface area (Å²) in [5.41, 5.74) is 2.13. The first-order chi connectivity index (χ1) is 13.8. The fraction of sp³-hybridized carbons (Fsp3) is 0.455. The van der Waals surface area contributed by atoms with Crippen molar-refractivity contribution in [2.45, 2.75) is 43.4 Å². The van der Waals surface area contributed by atoms with E-state index in [9.17, 15) is 18.6 Å². The van der Waals surface area contributed by atoms with Crippen LogP contribution in [0.1, 0.15) is 31.0 Å². The molecule has 2 aromatic rings. The molecule has 3 rings (SSSR count). The van der Waals surface area contributed by atoms with E-state index in [1.165, 1.54) is 4.31 Å². The van der Waals surface area contributed by atoms with Gasteiger partial charge in [-0.2, -0.15) is 4.31 Å². The molecule has 3 atom stereocenters. The van der Waals surface area contributed by atoms with Gasteiger partial charge < -0.3 is 15.5 Å². The van der Waals surface area contributed by atoms with Crippen LogP contribution in [-0.4, -0.2) is 54.8 Å². The Bertz CT molecular complexity index is 902. The highest BCUT2D eigenvalue weighted by Gasteiger charge is 2.32. The number of nitrogens with one attached hydrogen (secondary N) is 1. The SMILES string of the molecule is CC(C)CN(CC(O)CNC1c2ccccc2CC1O)S(=O)(=O)c1ccccc1. The largest absolute Gasteiger partial charge is 0.391 e. The van der Waals surface area contributed by atoms with Crippen molar-refractivity contribution >= 4 is 10.0 Å². The number of rotatable bonds is 9. The maximum atomic E-state index is 13.0. The summed E-state index contributed by atoms with van der Waals surface area (Å²) in [7, 11) is -3.69. The summed E-state index contributed by atoms with van der Waals surface area (Å²) in [5, 5.41) is 24.2. The van der Waals surface area contributed by atoms with Crippen LogP contribution in [0.15, 0.2) is 59.5 Å². The number of hydrogen-bond acceptors (Lipinski definition) is 5. The second kappa shape index (κ2) is 9.36. The average Bonchev–Trinajstić information content (AvgIpc) is 3.01. The molecule has 1 aliphatic rings. The van der Waals surface area contributed by atoms with Gasteiger partial charge in [-0.3, -0.25) is 0 Å². The quantitative estimate of drug-likeness (QED) is 0.579. The maximum absolute atomic E-state index is 13.0. The molecular weight excluding hydrogens is 388 g/mol. The predicted octanol–water partition coefficient (Wildman–Crippen LogP) is 1.94. The Morgan fingerprint density at radius 1 is 1.07 bits per heavy atom. The minimum Gasteiger partial charge on any atom is -0.391 e. The highest BCUT2D eigenvalue weighted by atomic mass is 32.2. The summed E-state index contributed by atoms with van der Waals surface area (Å²) >= 11 is 0. The molecule has 0 saturated carbocycles. The van der Waals surface area contributed by atoms with Crippen LogP contribution in [0.2, 0.25) is 0 Å². The number of fused-ring (bicyclic) bond motifs is 1. The van der Waals surface area contributed by atoms with Gasteiger partial charge in [-0.25, -0.2) is 8.42 Å². The van der Waals surface area contributed by atoms with E-state index < -0.39 is 22.2 Å². The monoisotopic (exact) mass is 418 g/mol. The Kier molecular flexibility index (Phi) is 7.08. The van der Waals surface area contributed by atoms with Gasteiger partial charge in [0, 0.05) is 26.1 Å². The molecule has 3 N–H and O–H groups in total. The van der Waals surface area contributed by atoms with Gasteiger partial charge in [0.05, 0.1) is 23.1 Å². The molecular formula is C22H30N2O4S. The van der Waals surface area contributed by atoms with Crippen LogP contribution in [0.3, 0.4) is 0 Å². The van der Waals surface area contributed by atoms with Crippen LogP contribution in [0.5, 0.6) is 0 Å². The first-order valence-corrected chi connectivity index (χ1v) is 11.5. The molecule has 6 nitrogen and oxygen atoms in total. The van der Waals surface area contributed by atoms with Crippen molar-refractivity contribution in [3.63, 3.8) is 0 Å². The first kappa shape index (κ1) is 21.9. The highest BCUT2D eigenvalue weighted by molar-refractivity contribution is 7.89. The smallest absolute Gasteiger partial charge is 0.243 e. The molecule has 0 heterocycles. The van der Waals surface area contributed by atoms with E-state index in [1.807, 2.05) is 38.1 Å². The molecule has 0 radical (unpaired) electrons. The summed E-state index contributed by atoms with van der Waals surface area (Å²) in [5.74, 6) is 0.122. The van der Waals surface area contributed by atoms with Crippen molar-refractivity contribution in [2.75, 3.05) is 19.6 Å². The standard InChI is InChI=1S/C22H30N2O4S/c1-16(2)14-24(29(27,28)19-9-4-3-5-10-19)15-18(25)13-23-22-20-11-7-6-8-17(20)12-21(22)26/h3-11,16,18,21-23,25-26H,12-15H2,1-2H3. The highest BCUT2D eigenvalue weighted by Crippen LogP contribution is 2.31. The molecule has 0 fully saturated rings. The lowest BCUT2D eigenvalue weighted by Gasteiger charge is -2.27. The molecule has 3 unspecified atom stereocenters. The fourth-order valence-electron chi connectivity index (χ4n) is 3.80. The van der Waals surface area contributed by atoms with Crippen LogP contribution in [0.25, 0.3) is 0 Å². The lowest BCUT2D eigenvalue weighted by Crippen LogP contribution is -2.44. The number of benzene rings is 2. The molecule has 0 spiro atoms. The van der Waals surface area contributed by atoms with Crippen molar-refractivity contribution in [1.82, 2.24) is 9.62 Å². The van der Waals surface area contributed by atoms with Crippen molar-refractivity contribution < 1.29 is 18.6 Å². The van der Waals surface area contributed by atoms with E-state index in [2.05, 4.69) is 5.32 Å². The van der Waals surface area contributed by atoms with E-state index in [0.717, 1.165) is 11.1 Å². The summed E-state index contributed by atoms with van der Waals surface area (Å²) < 4.78 is 27.4. The van der Waals surface area contributed by atoms with Crippen molar-refractivity contribution in [2.24, 2.45) is 5.92 Å². The fourth-order valence-corrected chi connectivity index (χ4v) is 5.46. The third-order valence-corrected chi connectivity index (χ3v) is 6.99. The molecule has 0 aromatic heterocycles. The lowest BCUT2D eigenvalue weighted by molar-refractivity contribution is 0.109. The number of hydrogen-bond donors (Lipinski definition) is 3. The number of sulfonamides is 1. The van der Waals surface area contributed by atoms with Crippen molar-refractivity contribution in [1.29, 1.82) is 0 Å². The minimum absolute atomic E-state index is 0.00707. The van der Waals surface area contributed by atoms with E-state index >= 15 is 0 Å². The van der Waals surface area contributed by atoms with Gasteiger partial charge in [-0.1, -0.05) is 56.3 Å². The van der Waals surface area contributed by atoms with E-state index in [0.29, 0.717) is 13.0 Å². The second-order valence-electron chi connectivity index (χ2n) is 8.04. The molecule has 29 heavy (non-hydrogen) atoms. The van der Waals surface area contributed by atoms with Crippen LogP contribution < -0.4 is 5.32 Å². The zero-order valence-electron chi connectivity index (χ0n) is 16.9. The molecule has 7 heteroatoms. The Hall–Kier alpha value is -1.77. The molecule has 0 bridgehead atoms. The zero-order valence-corrected chi connectivity index (χ0v) is 17.7. The number of aliphatic hydroxyl groups is 2. The molecule has 0 aliphatic heterocycles. The van der Waals surface area contributed by atoms with E-state index in [4.69, 9.17) is 0 Å². The number of aliphatic hydroxyl groups excluding tert-OH is 2. The maximum Gasteiger partial charge on any atom is 0.243 e. The molecule has 0 amide bonds. The lowest BCUT2D eigenvalue weighted by atomic mass is 10.1. The molecule has 158 valence electrons. The average molecular weight is 419 g/mol. The Labute approximate surface area is 173 Å². The van der Waals surface area contributed by atoms with Gasteiger partial charge in [0.2, 0.25) is 10.0 Å². The Morgan fingerprint density at radius 3 is 2.41 bits per heavy atom. The van der Waals surface area contributed by atoms with Gasteiger partial charge >= 0.3 is 0 Å². The normalized spacial score (nSPS) is 20.2. The van der Waals surface area contributed by atoms with Crippen molar-refractivity contribution in [3.05, 3.63) is 65.7 Å². The molecule has 0 saturated heterocycles. The summed E-state index contributed by atoms with van der Waals surface area (Å²) in [6.07, 6.45) is -0.877. The summed E-state index contributed by atoms with van der Waals surface area (Å²) in [4.78, 5) is 0.223. The first-order valence-electron chi connectivity index (χ1n) is 10.0. The molecule has 1 aliphatic carbocycles. The predicted molar refractivity (Wildman–Crippen MR) is 113 cm³/mol. The topological polar surface area (TPSA) is 89.9 Å². The van der Waals surface area contributed by atoms with Crippen LogP contribution >= 0.6 is 0 Å². The Morgan fingerprint density at radius 2 is 1.72 bits per heavy atom. The van der Waals surface area contributed by atoms with Gasteiger partial charge in [-0.05, 0) is 29.2 Å². The van der Waals surface area contributed by atoms with E-state index in [-0.39, 0.29) is 29.9 Å². The van der Waals surface area contributed by atoms with E-state index in [1.54, 1.807) is 30.3 Å².